The van der Waals surface area contributed by atoms with Gasteiger partial charge in [-0.05, 0) is 26.1 Å². The van der Waals surface area contributed by atoms with Crippen molar-refractivity contribution >= 4 is 40.0 Å². The van der Waals surface area contributed by atoms with E-state index < -0.39 is 0 Å². The van der Waals surface area contributed by atoms with Crippen molar-refractivity contribution in [2.75, 3.05) is 18.0 Å². The number of nitrogens with two attached hydrogens (primary N) is 1. The molecular formula is C9H15N5S2. The molecule has 1 heterocycles. The zero-order chi connectivity index (χ0) is 12.0. The second-order valence-electron chi connectivity index (χ2n) is 2.95. The summed E-state index contributed by atoms with van der Waals surface area (Å²) in [6.45, 7) is 6.11. The fourth-order valence-electron chi connectivity index (χ4n) is 1.14. The number of nitrogens with one attached hydrogen (secondary N) is 1. The number of anilines is 1. The van der Waals surface area contributed by atoms with Gasteiger partial charge in [0.25, 0.3) is 0 Å². The summed E-state index contributed by atoms with van der Waals surface area (Å²) in [6, 6.07) is 0. The number of nitrogens with zero attached hydrogens (tertiary/aromatic N) is 3. The first-order chi connectivity index (χ1) is 7.67. The second-order valence-corrected chi connectivity index (χ2v) is 4.43. The molecule has 5 nitrogen and oxygen atoms in total. The minimum Gasteiger partial charge on any atom is -0.375 e. The summed E-state index contributed by atoms with van der Waals surface area (Å²) in [5.74, 6) is 0. The van der Waals surface area contributed by atoms with Gasteiger partial charge in [0.15, 0.2) is 10.2 Å². The van der Waals surface area contributed by atoms with E-state index in [2.05, 4.69) is 46.5 Å². The highest BCUT2D eigenvalue weighted by Gasteiger charge is 2.05. The van der Waals surface area contributed by atoms with Crippen molar-refractivity contribution in [3.63, 3.8) is 0 Å². The van der Waals surface area contributed by atoms with Crippen molar-refractivity contribution in [3.05, 3.63) is 11.1 Å². The molecule has 0 aliphatic heterocycles. The van der Waals surface area contributed by atoms with Crippen LogP contribution in [0.2, 0.25) is 0 Å². The highest BCUT2D eigenvalue weighted by molar-refractivity contribution is 7.80. The molecule has 0 spiro atoms. The van der Waals surface area contributed by atoms with Crippen molar-refractivity contribution < 1.29 is 0 Å². The van der Waals surface area contributed by atoms with Crippen LogP contribution in [-0.2, 0) is 0 Å². The molecule has 16 heavy (non-hydrogen) atoms. The lowest BCUT2D eigenvalue weighted by Crippen LogP contribution is -2.23. The van der Waals surface area contributed by atoms with Crippen LogP contribution in [0, 0.1) is 0 Å². The summed E-state index contributed by atoms with van der Waals surface area (Å²) < 4.78 is 0. The van der Waals surface area contributed by atoms with E-state index in [1.54, 1.807) is 23.7 Å². The average molecular weight is 257 g/mol. The Kier molecular flexibility index (Phi) is 5.13. The Morgan fingerprint density at radius 2 is 2.38 bits per heavy atom. The molecule has 7 heteroatoms. The predicted octanol–water partition coefficient (Wildman–Crippen LogP) is 1.16. The van der Waals surface area contributed by atoms with E-state index in [1.165, 1.54) is 0 Å². The smallest absolute Gasteiger partial charge is 0.185 e. The lowest BCUT2D eigenvalue weighted by molar-refractivity contribution is 0.860. The number of thiocarbonyl (C=S) groups is 1. The third kappa shape index (κ3) is 3.74. The Bertz CT molecular complexity index is 370. The third-order valence-electron chi connectivity index (χ3n) is 1.91. The Morgan fingerprint density at radius 3 is 2.94 bits per heavy atom. The Balaban J connectivity index is 2.64. The van der Waals surface area contributed by atoms with Gasteiger partial charge in [0, 0.05) is 19.3 Å². The third-order valence-corrected chi connectivity index (χ3v) is 3.00. The molecule has 1 aromatic heterocycles. The minimum absolute atomic E-state index is 0.157. The van der Waals surface area contributed by atoms with Crippen LogP contribution in [0.4, 0.5) is 5.13 Å². The van der Waals surface area contributed by atoms with E-state index in [1.807, 2.05) is 0 Å². The molecule has 0 atom stereocenters. The standard InChI is InChI=1S/C9H15N5S2/c1-3-14(4-2)9-11-5-7(16-9)6-12-13-8(10)15/h5-6H,3-4H2,1-2H3,(H3,10,13,15). The van der Waals surface area contributed by atoms with Gasteiger partial charge in [-0.1, -0.05) is 11.3 Å². The fourth-order valence-corrected chi connectivity index (χ4v) is 2.10. The van der Waals surface area contributed by atoms with Crippen molar-refractivity contribution in [2.24, 2.45) is 10.8 Å². The molecule has 0 amide bonds. The van der Waals surface area contributed by atoms with E-state index in [4.69, 9.17) is 5.73 Å². The van der Waals surface area contributed by atoms with Gasteiger partial charge < -0.3 is 10.6 Å². The molecule has 0 unspecified atom stereocenters. The summed E-state index contributed by atoms with van der Waals surface area (Å²) in [5, 5.41) is 5.03. The topological polar surface area (TPSA) is 66.5 Å². The van der Waals surface area contributed by atoms with Gasteiger partial charge >= 0.3 is 0 Å². The number of rotatable bonds is 5. The summed E-state index contributed by atoms with van der Waals surface area (Å²) in [5.41, 5.74) is 7.74. The van der Waals surface area contributed by atoms with Crippen LogP contribution in [0.25, 0.3) is 0 Å². The summed E-state index contributed by atoms with van der Waals surface area (Å²) in [4.78, 5) is 7.46. The normalized spacial score (nSPS) is 10.6. The van der Waals surface area contributed by atoms with Gasteiger partial charge in [0.2, 0.25) is 0 Å². The van der Waals surface area contributed by atoms with E-state index in [0.717, 1.165) is 23.1 Å². The molecule has 1 rings (SSSR count). The van der Waals surface area contributed by atoms with Crippen LogP contribution in [0.5, 0.6) is 0 Å². The zero-order valence-electron chi connectivity index (χ0n) is 9.30. The van der Waals surface area contributed by atoms with Crippen LogP contribution in [0.15, 0.2) is 11.3 Å². The largest absolute Gasteiger partial charge is 0.375 e. The van der Waals surface area contributed by atoms with Crippen LogP contribution in [0.1, 0.15) is 18.7 Å². The highest BCUT2D eigenvalue weighted by Crippen LogP contribution is 2.20. The van der Waals surface area contributed by atoms with Gasteiger partial charge in [0.05, 0.1) is 11.1 Å². The molecule has 0 aliphatic rings. The fraction of sp³-hybridized carbons (Fsp3) is 0.444. The van der Waals surface area contributed by atoms with E-state index in [9.17, 15) is 0 Å². The van der Waals surface area contributed by atoms with Crippen LogP contribution in [0.3, 0.4) is 0 Å². The molecule has 0 saturated carbocycles. The molecule has 0 radical (unpaired) electrons. The summed E-state index contributed by atoms with van der Waals surface area (Å²) >= 11 is 6.21. The van der Waals surface area contributed by atoms with Gasteiger partial charge in [-0.2, -0.15) is 5.10 Å². The zero-order valence-corrected chi connectivity index (χ0v) is 10.9. The van der Waals surface area contributed by atoms with Crippen LogP contribution < -0.4 is 16.1 Å². The molecule has 0 bridgehead atoms. The summed E-state index contributed by atoms with van der Waals surface area (Å²) in [6.07, 6.45) is 3.44. The molecule has 1 aromatic rings. The number of hydrazone groups is 1. The molecule has 0 fully saturated rings. The van der Waals surface area contributed by atoms with E-state index in [-0.39, 0.29) is 5.11 Å². The molecule has 88 valence electrons. The Hall–Kier alpha value is -1.21. The van der Waals surface area contributed by atoms with Crippen molar-refractivity contribution in [3.8, 4) is 0 Å². The van der Waals surface area contributed by atoms with E-state index >= 15 is 0 Å². The highest BCUT2D eigenvalue weighted by atomic mass is 32.1. The minimum atomic E-state index is 0.157. The lowest BCUT2D eigenvalue weighted by atomic mass is 10.6. The Morgan fingerprint density at radius 1 is 1.69 bits per heavy atom. The first-order valence-electron chi connectivity index (χ1n) is 4.96. The second kappa shape index (κ2) is 6.39. The molecule has 3 N–H and O–H groups in total. The predicted molar refractivity (Wildman–Crippen MR) is 73.2 cm³/mol. The first-order valence-corrected chi connectivity index (χ1v) is 6.19. The maximum Gasteiger partial charge on any atom is 0.185 e. The van der Waals surface area contributed by atoms with Crippen molar-refractivity contribution in [1.29, 1.82) is 0 Å². The number of aromatic nitrogens is 1. The molecule has 0 saturated heterocycles. The molecular weight excluding hydrogens is 242 g/mol. The number of thiazole rings is 1. The van der Waals surface area contributed by atoms with Gasteiger partial charge in [-0.15, -0.1) is 0 Å². The Labute approximate surface area is 104 Å². The van der Waals surface area contributed by atoms with Crippen LogP contribution >= 0.6 is 23.6 Å². The summed E-state index contributed by atoms with van der Waals surface area (Å²) in [7, 11) is 0. The van der Waals surface area contributed by atoms with Gasteiger partial charge in [-0.3, -0.25) is 5.43 Å². The van der Waals surface area contributed by atoms with Gasteiger partial charge in [0.1, 0.15) is 0 Å². The monoisotopic (exact) mass is 257 g/mol. The maximum absolute atomic E-state index is 5.24. The number of hydrogen-bond acceptors (Lipinski definition) is 5. The average Bonchev–Trinajstić information content (AvgIpc) is 2.68. The quantitative estimate of drug-likeness (QED) is 0.471. The molecule has 0 aromatic carbocycles. The van der Waals surface area contributed by atoms with Crippen LogP contribution in [-0.4, -0.2) is 29.4 Å². The lowest BCUT2D eigenvalue weighted by Gasteiger charge is -2.16. The van der Waals surface area contributed by atoms with Gasteiger partial charge in [-0.25, -0.2) is 4.98 Å². The SMILES string of the molecule is CCN(CC)c1ncc(C=NNC(N)=S)s1. The van der Waals surface area contributed by atoms with E-state index in [0.29, 0.717) is 0 Å². The number of hydrogen-bond donors (Lipinski definition) is 2. The van der Waals surface area contributed by atoms with Crippen molar-refractivity contribution in [1.82, 2.24) is 10.4 Å². The maximum atomic E-state index is 5.24. The van der Waals surface area contributed by atoms with Crippen molar-refractivity contribution in [2.45, 2.75) is 13.8 Å². The molecule has 0 aliphatic carbocycles. The first kappa shape index (κ1) is 12.9.